The van der Waals surface area contributed by atoms with Crippen molar-refractivity contribution in [1.82, 2.24) is 10.6 Å². The lowest BCUT2D eigenvalue weighted by Gasteiger charge is -2.09. The van der Waals surface area contributed by atoms with E-state index in [0.717, 1.165) is 16.9 Å². The van der Waals surface area contributed by atoms with Crippen molar-refractivity contribution in [3.05, 3.63) is 59.7 Å². The standard InChI is InChI=1S/C18H23N3O4S/c1-2-25-16-7-3-15(4-8-16)13-21-18(22)20-12-11-14-5-9-17(10-6-14)26(19,23)24/h3-10H,2,11-13H2,1H3,(H2,19,23,24)(H2,20,21,22). The Kier molecular flexibility index (Phi) is 6.99. The number of hydrogen-bond acceptors (Lipinski definition) is 4. The molecule has 0 saturated carbocycles. The van der Waals surface area contributed by atoms with Crippen molar-refractivity contribution < 1.29 is 17.9 Å². The first-order valence-electron chi connectivity index (χ1n) is 8.23. The van der Waals surface area contributed by atoms with Gasteiger partial charge in [-0.05, 0) is 48.7 Å². The number of sulfonamides is 1. The molecule has 0 atom stereocenters. The number of benzene rings is 2. The molecule has 2 aromatic carbocycles. The highest BCUT2D eigenvalue weighted by atomic mass is 32.2. The fourth-order valence-corrected chi connectivity index (χ4v) is 2.80. The van der Waals surface area contributed by atoms with E-state index in [2.05, 4.69) is 10.6 Å². The third-order valence-corrected chi connectivity index (χ3v) is 4.57. The van der Waals surface area contributed by atoms with Crippen LogP contribution < -0.4 is 20.5 Å². The number of primary sulfonamides is 1. The number of rotatable bonds is 8. The second kappa shape index (κ2) is 9.21. The molecule has 8 heteroatoms. The minimum atomic E-state index is -3.68. The van der Waals surface area contributed by atoms with Crippen LogP contribution in [0.4, 0.5) is 4.79 Å². The second-order valence-corrected chi connectivity index (χ2v) is 7.19. The summed E-state index contributed by atoms with van der Waals surface area (Å²) in [7, 11) is -3.68. The van der Waals surface area contributed by atoms with Crippen molar-refractivity contribution in [3.8, 4) is 5.75 Å². The zero-order valence-electron chi connectivity index (χ0n) is 14.6. The number of carbonyl (C=O) groups excluding carboxylic acids is 1. The van der Waals surface area contributed by atoms with Gasteiger partial charge in [0.15, 0.2) is 0 Å². The Hall–Kier alpha value is -2.58. The van der Waals surface area contributed by atoms with E-state index in [1.807, 2.05) is 31.2 Å². The van der Waals surface area contributed by atoms with Gasteiger partial charge >= 0.3 is 6.03 Å². The predicted octanol–water partition coefficient (Wildman–Crippen LogP) is 1.77. The number of ether oxygens (including phenoxy) is 1. The normalized spacial score (nSPS) is 11.0. The molecule has 0 aliphatic carbocycles. The molecule has 0 aromatic heterocycles. The molecule has 0 spiro atoms. The lowest BCUT2D eigenvalue weighted by Crippen LogP contribution is -2.36. The Bertz CT molecular complexity index is 819. The van der Waals surface area contributed by atoms with Gasteiger partial charge in [-0.25, -0.2) is 18.4 Å². The van der Waals surface area contributed by atoms with Crippen LogP contribution >= 0.6 is 0 Å². The lowest BCUT2D eigenvalue weighted by atomic mass is 10.1. The Labute approximate surface area is 153 Å². The van der Waals surface area contributed by atoms with Gasteiger partial charge in [-0.15, -0.1) is 0 Å². The van der Waals surface area contributed by atoms with Crippen LogP contribution in [0.3, 0.4) is 0 Å². The van der Waals surface area contributed by atoms with Crippen molar-refractivity contribution in [3.63, 3.8) is 0 Å². The molecule has 2 aromatic rings. The summed E-state index contributed by atoms with van der Waals surface area (Å²) in [4.78, 5) is 11.9. The number of hydrogen-bond donors (Lipinski definition) is 3. The number of carbonyl (C=O) groups is 1. The van der Waals surface area contributed by atoms with Crippen LogP contribution in [0.15, 0.2) is 53.4 Å². The summed E-state index contributed by atoms with van der Waals surface area (Å²) in [5.74, 6) is 0.800. The van der Waals surface area contributed by atoms with E-state index >= 15 is 0 Å². The first-order valence-corrected chi connectivity index (χ1v) is 9.78. The van der Waals surface area contributed by atoms with Crippen molar-refractivity contribution in [1.29, 1.82) is 0 Å². The zero-order valence-corrected chi connectivity index (χ0v) is 15.4. The van der Waals surface area contributed by atoms with E-state index in [4.69, 9.17) is 9.88 Å². The Balaban J connectivity index is 1.71. The molecular weight excluding hydrogens is 354 g/mol. The molecule has 0 radical (unpaired) electrons. The van der Waals surface area contributed by atoms with Crippen molar-refractivity contribution >= 4 is 16.1 Å². The van der Waals surface area contributed by atoms with Gasteiger partial charge in [0.2, 0.25) is 10.0 Å². The van der Waals surface area contributed by atoms with Gasteiger partial charge in [0.25, 0.3) is 0 Å². The van der Waals surface area contributed by atoms with Crippen molar-refractivity contribution in [2.24, 2.45) is 5.14 Å². The van der Waals surface area contributed by atoms with E-state index < -0.39 is 10.0 Å². The molecule has 0 aliphatic heterocycles. The Morgan fingerprint density at radius 2 is 1.62 bits per heavy atom. The van der Waals surface area contributed by atoms with Crippen molar-refractivity contribution in [2.75, 3.05) is 13.2 Å². The van der Waals surface area contributed by atoms with Crippen molar-refractivity contribution in [2.45, 2.75) is 24.8 Å². The Morgan fingerprint density at radius 1 is 1.00 bits per heavy atom. The SMILES string of the molecule is CCOc1ccc(CNC(=O)NCCc2ccc(S(N)(=O)=O)cc2)cc1. The maximum Gasteiger partial charge on any atom is 0.315 e. The summed E-state index contributed by atoms with van der Waals surface area (Å²) < 4.78 is 27.8. The monoisotopic (exact) mass is 377 g/mol. The molecule has 0 fully saturated rings. The molecule has 2 amide bonds. The second-order valence-electron chi connectivity index (χ2n) is 5.63. The molecule has 0 bridgehead atoms. The molecule has 140 valence electrons. The van der Waals surface area contributed by atoms with Crippen LogP contribution in [0, 0.1) is 0 Å². The number of urea groups is 1. The van der Waals surface area contributed by atoms with Crippen LogP contribution in [-0.2, 0) is 23.0 Å². The lowest BCUT2D eigenvalue weighted by molar-refractivity contribution is 0.240. The zero-order chi connectivity index (χ0) is 19.0. The minimum absolute atomic E-state index is 0.0716. The van der Waals surface area contributed by atoms with Gasteiger partial charge in [0, 0.05) is 13.1 Å². The van der Waals surface area contributed by atoms with E-state index in [1.54, 1.807) is 12.1 Å². The van der Waals surface area contributed by atoms with Crippen LogP contribution in [-0.4, -0.2) is 27.6 Å². The summed E-state index contributed by atoms with van der Waals surface area (Å²) in [5, 5.41) is 10.6. The first kappa shape index (κ1) is 19.7. The minimum Gasteiger partial charge on any atom is -0.494 e. The quantitative estimate of drug-likeness (QED) is 0.651. The third-order valence-electron chi connectivity index (χ3n) is 3.64. The number of nitrogens with two attached hydrogens (primary N) is 1. The summed E-state index contributed by atoms with van der Waals surface area (Å²) >= 11 is 0. The van der Waals surface area contributed by atoms with E-state index in [1.165, 1.54) is 12.1 Å². The topological polar surface area (TPSA) is 111 Å². The highest BCUT2D eigenvalue weighted by Gasteiger charge is 2.07. The molecule has 7 nitrogen and oxygen atoms in total. The van der Waals surface area contributed by atoms with Gasteiger partial charge in [-0.2, -0.15) is 0 Å². The summed E-state index contributed by atoms with van der Waals surface area (Å²) in [5.41, 5.74) is 1.88. The van der Waals surface area contributed by atoms with Crippen LogP contribution in [0.2, 0.25) is 0 Å². The molecular formula is C18H23N3O4S. The van der Waals surface area contributed by atoms with Gasteiger partial charge in [-0.1, -0.05) is 24.3 Å². The highest BCUT2D eigenvalue weighted by molar-refractivity contribution is 7.89. The van der Waals surface area contributed by atoms with Gasteiger partial charge in [0.1, 0.15) is 5.75 Å². The summed E-state index contributed by atoms with van der Waals surface area (Å²) in [6.07, 6.45) is 0.585. The first-order chi connectivity index (χ1) is 12.4. The average molecular weight is 377 g/mol. The van der Waals surface area contributed by atoms with Crippen LogP contribution in [0.5, 0.6) is 5.75 Å². The van der Waals surface area contributed by atoms with Crippen LogP contribution in [0.1, 0.15) is 18.1 Å². The van der Waals surface area contributed by atoms with Gasteiger partial charge in [-0.3, -0.25) is 0 Å². The summed E-state index contributed by atoms with van der Waals surface area (Å²) in [6, 6.07) is 13.5. The van der Waals surface area contributed by atoms with Gasteiger partial charge < -0.3 is 15.4 Å². The molecule has 2 rings (SSSR count). The smallest absolute Gasteiger partial charge is 0.315 e. The number of nitrogens with one attached hydrogen (secondary N) is 2. The molecule has 0 unspecified atom stereocenters. The maximum absolute atomic E-state index is 11.8. The number of amides is 2. The summed E-state index contributed by atoms with van der Waals surface area (Å²) in [6.45, 7) is 3.39. The highest BCUT2D eigenvalue weighted by Crippen LogP contribution is 2.12. The van der Waals surface area contributed by atoms with E-state index in [9.17, 15) is 13.2 Å². The maximum atomic E-state index is 11.8. The molecule has 26 heavy (non-hydrogen) atoms. The predicted molar refractivity (Wildman–Crippen MR) is 99.4 cm³/mol. The molecule has 0 saturated heterocycles. The van der Waals surface area contributed by atoms with Crippen LogP contribution in [0.25, 0.3) is 0 Å². The third kappa shape index (κ3) is 6.38. The molecule has 0 aliphatic rings. The fraction of sp³-hybridized carbons (Fsp3) is 0.278. The van der Waals surface area contributed by atoms with Gasteiger partial charge in [0.05, 0.1) is 11.5 Å². The van der Waals surface area contributed by atoms with E-state index in [0.29, 0.717) is 26.1 Å². The average Bonchev–Trinajstić information content (AvgIpc) is 2.61. The molecule has 0 heterocycles. The largest absolute Gasteiger partial charge is 0.494 e. The molecule has 4 N–H and O–H groups in total. The van der Waals surface area contributed by atoms with E-state index in [-0.39, 0.29) is 10.9 Å². The Morgan fingerprint density at radius 3 is 2.19 bits per heavy atom. The fourth-order valence-electron chi connectivity index (χ4n) is 2.28.